The van der Waals surface area contributed by atoms with Crippen molar-refractivity contribution in [1.29, 1.82) is 0 Å². The van der Waals surface area contributed by atoms with E-state index in [9.17, 15) is 0 Å². The molecule has 3 rings (SSSR count). The Morgan fingerprint density at radius 3 is 2.68 bits per heavy atom. The van der Waals surface area contributed by atoms with Gasteiger partial charge in [-0.1, -0.05) is 25.1 Å². The van der Waals surface area contributed by atoms with Crippen LogP contribution in [0.5, 0.6) is 11.5 Å². The Morgan fingerprint density at radius 2 is 1.86 bits per heavy atom. The molecule has 4 nitrogen and oxygen atoms in total. The average Bonchev–Trinajstić information content (AvgIpc) is 2.91. The summed E-state index contributed by atoms with van der Waals surface area (Å²) in [4.78, 5) is 4.70. The van der Waals surface area contributed by atoms with Crippen LogP contribution in [0.4, 0.5) is 0 Å². The van der Waals surface area contributed by atoms with Gasteiger partial charge in [-0.3, -0.25) is 0 Å². The highest BCUT2D eigenvalue weighted by molar-refractivity contribution is 5.75. The largest absolute Gasteiger partial charge is 0.497 e. The summed E-state index contributed by atoms with van der Waals surface area (Å²) in [5, 5.41) is 0. The Hall–Kier alpha value is -2.49. The Kier molecular flexibility index (Phi) is 4.28. The van der Waals surface area contributed by atoms with Crippen LogP contribution in [0.15, 0.2) is 48.5 Å². The zero-order chi connectivity index (χ0) is 15.4. The molecule has 114 valence electrons. The van der Waals surface area contributed by atoms with Crippen LogP contribution < -0.4 is 9.47 Å². The second-order valence-corrected chi connectivity index (χ2v) is 5.14. The summed E-state index contributed by atoms with van der Waals surface area (Å²) >= 11 is 0. The molecule has 22 heavy (non-hydrogen) atoms. The minimum Gasteiger partial charge on any atom is -0.497 e. The summed E-state index contributed by atoms with van der Waals surface area (Å²) in [6, 6.07) is 15.8. The quantitative estimate of drug-likeness (QED) is 0.689. The number of ether oxygens (including phenoxy) is 2. The number of imidazole rings is 1. The smallest absolute Gasteiger partial charge is 0.147 e. The predicted octanol–water partition coefficient (Wildman–Crippen LogP) is 4.03. The molecule has 0 aliphatic rings. The van der Waals surface area contributed by atoms with E-state index < -0.39 is 0 Å². The van der Waals surface area contributed by atoms with Crippen LogP contribution in [0.25, 0.3) is 11.0 Å². The first-order valence-electron chi connectivity index (χ1n) is 7.53. The molecular formula is C18H20N2O2. The molecule has 0 aliphatic carbocycles. The third-order valence-corrected chi connectivity index (χ3v) is 3.59. The van der Waals surface area contributed by atoms with E-state index in [0.29, 0.717) is 6.61 Å². The molecule has 0 bridgehead atoms. The molecule has 0 amide bonds. The number of para-hydroxylation sites is 2. The molecule has 0 fully saturated rings. The van der Waals surface area contributed by atoms with Crippen molar-refractivity contribution in [2.24, 2.45) is 0 Å². The van der Waals surface area contributed by atoms with Gasteiger partial charge in [-0.25, -0.2) is 4.98 Å². The second kappa shape index (κ2) is 6.52. The van der Waals surface area contributed by atoms with Crippen LogP contribution in [0, 0.1) is 0 Å². The van der Waals surface area contributed by atoms with E-state index in [2.05, 4.69) is 17.6 Å². The van der Waals surface area contributed by atoms with Crippen LogP contribution in [0.2, 0.25) is 0 Å². The van der Waals surface area contributed by atoms with Crippen molar-refractivity contribution in [3.05, 3.63) is 54.4 Å². The Bertz CT molecular complexity index is 765. The van der Waals surface area contributed by atoms with Gasteiger partial charge in [0.15, 0.2) is 0 Å². The van der Waals surface area contributed by atoms with Gasteiger partial charge in [0.2, 0.25) is 0 Å². The lowest BCUT2D eigenvalue weighted by Crippen LogP contribution is -2.07. The fraction of sp³-hybridized carbons (Fsp3) is 0.278. The van der Waals surface area contributed by atoms with Gasteiger partial charge in [0, 0.05) is 12.6 Å². The number of methoxy groups -OCH3 is 1. The zero-order valence-electron chi connectivity index (χ0n) is 13.0. The van der Waals surface area contributed by atoms with E-state index in [1.54, 1.807) is 7.11 Å². The zero-order valence-corrected chi connectivity index (χ0v) is 13.0. The molecule has 0 spiro atoms. The van der Waals surface area contributed by atoms with E-state index in [4.69, 9.17) is 14.5 Å². The molecular weight excluding hydrogens is 276 g/mol. The van der Waals surface area contributed by atoms with E-state index in [1.807, 2.05) is 42.5 Å². The SMILES string of the molecule is CCCn1c(COc2cccc(OC)c2)nc2ccccc21. The standard InChI is InChI=1S/C18H20N2O2/c1-3-11-20-17-10-5-4-9-16(17)19-18(20)13-22-15-8-6-7-14(12-15)21-2/h4-10,12H,3,11,13H2,1-2H3. The lowest BCUT2D eigenvalue weighted by Gasteiger charge is -2.10. The third kappa shape index (κ3) is 2.91. The normalized spacial score (nSPS) is 10.8. The van der Waals surface area contributed by atoms with Crippen molar-refractivity contribution in [3.63, 3.8) is 0 Å². The molecule has 0 saturated carbocycles. The van der Waals surface area contributed by atoms with Gasteiger partial charge in [0.05, 0.1) is 18.1 Å². The first-order valence-corrected chi connectivity index (χ1v) is 7.53. The third-order valence-electron chi connectivity index (χ3n) is 3.59. The molecule has 4 heteroatoms. The van der Waals surface area contributed by atoms with Crippen LogP contribution in [-0.4, -0.2) is 16.7 Å². The summed E-state index contributed by atoms with van der Waals surface area (Å²) in [6.45, 7) is 3.56. The van der Waals surface area contributed by atoms with Crippen molar-refractivity contribution in [2.75, 3.05) is 7.11 Å². The van der Waals surface area contributed by atoms with Crippen LogP contribution in [0.1, 0.15) is 19.2 Å². The maximum atomic E-state index is 5.89. The van der Waals surface area contributed by atoms with Crippen molar-refractivity contribution in [3.8, 4) is 11.5 Å². The van der Waals surface area contributed by atoms with Gasteiger partial charge in [-0.15, -0.1) is 0 Å². The van der Waals surface area contributed by atoms with E-state index >= 15 is 0 Å². The maximum Gasteiger partial charge on any atom is 0.147 e. The van der Waals surface area contributed by atoms with Crippen LogP contribution in [0.3, 0.4) is 0 Å². The summed E-state index contributed by atoms with van der Waals surface area (Å²) in [5.41, 5.74) is 2.17. The van der Waals surface area contributed by atoms with Gasteiger partial charge < -0.3 is 14.0 Å². The highest BCUT2D eigenvalue weighted by Gasteiger charge is 2.10. The summed E-state index contributed by atoms with van der Waals surface area (Å²) in [5.74, 6) is 2.53. The molecule has 0 radical (unpaired) electrons. The molecule has 0 N–H and O–H groups in total. The minimum atomic E-state index is 0.446. The fourth-order valence-electron chi connectivity index (χ4n) is 2.55. The number of rotatable bonds is 6. The Balaban J connectivity index is 1.85. The van der Waals surface area contributed by atoms with Crippen molar-refractivity contribution in [2.45, 2.75) is 26.5 Å². The first-order chi connectivity index (χ1) is 10.8. The highest BCUT2D eigenvalue weighted by atomic mass is 16.5. The summed E-state index contributed by atoms with van der Waals surface area (Å²) in [6.07, 6.45) is 1.06. The maximum absolute atomic E-state index is 5.89. The minimum absolute atomic E-state index is 0.446. The molecule has 2 aromatic carbocycles. The number of fused-ring (bicyclic) bond motifs is 1. The van der Waals surface area contributed by atoms with E-state index in [0.717, 1.165) is 41.3 Å². The molecule has 0 unspecified atom stereocenters. The molecule has 1 heterocycles. The summed E-state index contributed by atoms with van der Waals surface area (Å²) < 4.78 is 13.3. The fourth-order valence-corrected chi connectivity index (χ4v) is 2.55. The van der Waals surface area contributed by atoms with Crippen LogP contribution >= 0.6 is 0 Å². The van der Waals surface area contributed by atoms with Crippen molar-refractivity contribution >= 4 is 11.0 Å². The van der Waals surface area contributed by atoms with Gasteiger partial charge in [-0.2, -0.15) is 0 Å². The number of hydrogen-bond acceptors (Lipinski definition) is 3. The molecule has 3 aromatic rings. The summed E-state index contributed by atoms with van der Waals surface area (Å²) in [7, 11) is 1.65. The number of nitrogens with zero attached hydrogens (tertiary/aromatic N) is 2. The second-order valence-electron chi connectivity index (χ2n) is 5.14. The van der Waals surface area contributed by atoms with Gasteiger partial charge in [0.1, 0.15) is 23.9 Å². The molecule has 1 aromatic heterocycles. The highest BCUT2D eigenvalue weighted by Crippen LogP contribution is 2.21. The van der Waals surface area contributed by atoms with Crippen molar-refractivity contribution < 1.29 is 9.47 Å². The Morgan fingerprint density at radius 1 is 1.05 bits per heavy atom. The van der Waals surface area contributed by atoms with Gasteiger partial charge in [0.25, 0.3) is 0 Å². The molecule has 0 aliphatic heterocycles. The van der Waals surface area contributed by atoms with Gasteiger partial charge >= 0.3 is 0 Å². The average molecular weight is 296 g/mol. The number of aromatic nitrogens is 2. The lowest BCUT2D eigenvalue weighted by molar-refractivity contribution is 0.288. The van der Waals surface area contributed by atoms with E-state index in [1.165, 1.54) is 0 Å². The predicted molar refractivity (Wildman–Crippen MR) is 87.4 cm³/mol. The molecule has 0 atom stereocenters. The lowest BCUT2D eigenvalue weighted by atomic mass is 10.3. The van der Waals surface area contributed by atoms with E-state index in [-0.39, 0.29) is 0 Å². The number of benzene rings is 2. The number of hydrogen-bond donors (Lipinski definition) is 0. The Labute approximate surface area is 130 Å². The topological polar surface area (TPSA) is 36.3 Å². The first kappa shape index (κ1) is 14.4. The molecule has 0 saturated heterocycles. The van der Waals surface area contributed by atoms with Crippen LogP contribution in [-0.2, 0) is 13.2 Å². The van der Waals surface area contributed by atoms with Crippen molar-refractivity contribution in [1.82, 2.24) is 9.55 Å². The monoisotopic (exact) mass is 296 g/mol. The van der Waals surface area contributed by atoms with Gasteiger partial charge in [-0.05, 0) is 30.7 Å². The number of aryl methyl sites for hydroxylation is 1.